The third-order valence-electron chi connectivity index (χ3n) is 6.10. The number of guanidine groups is 1. The first-order chi connectivity index (χ1) is 15.5. The van der Waals surface area contributed by atoms with E-state index in [-0.39, 0.29) is 47.9 Å². The first-order valence-corrected chi connectivity index (χ1v) is 11.2. The molecule has 1 amide bonds. The zero-order chi connectivity index (χ0) is 22.5. The Hall–Kier alpha value is -2.20. The molecule has 33 heavy (non-hydrogen) atoms. The molecule has 178 valence electrons. The van der Waals surface area contributed by atoms with Gasteiger partial charge in [-0.1, -0.05) is 36.4 Å². The molecule has 2 aliphatic rings. The van der Waals surface area contributed by atoms with Crippen LogP contribution in [0.5, 0.6) is 0 Å². The SMILES string of the molecule is CN=C(NCc1ccccc1CN1CCCC1=O)N1CC(C)OC(c2ccc(F)cc2)C1.I. The average molecular weight is 566 g/mol. The highest BCUT2D eigenvalue weighted by atomic mass is 127. The zero-order valence-corrected chi connectivity index (χ0v) is 21.5. The van der Waals surface area contributed by atoms with Gasteiger partial charge < -0.3 is 19.9 Å². The minimum atomic E-state index is -0.249. The molecule has 6 nitrogen and oxygen atoms in total. The number of carbonyl (C=O) groups is 1. The molecule has 1 N–H and O–H groups in total. The lowest BCUT2D eigenvalue weighted by Gasteiger charge is -2.38. The maximum absolute atomic E-state index is 13.3. The van der Waals surface area contributed by atoms with Gasteiger partial charge in [0.2, 0.25) is 5.91 Å². The molecular formula is C25H32FIN4O2. The Morgan fingerprint density at radius 1 is 1.15 bits per heavy atom. The lowest BCUT2D eigenvalue weighted by molar-refractivity contribution is -0.128. The number of aliphatic imine (C=N–C) groups is 1. The van der Waals surface area contributed by atoms with E-state index in [2.05, 4.69) is 27.3 Å². The second-order valence-corrected chi connectivity index (χ2v) is 8.48. The Kier molecular flexibility index (Phi) is 9.08. The number of benzene rings is 2. The Morgan fingerprint density at radius 2 is 1.88 bits per heavy atom. The minimum absolute atomic E-state index is 0. The third-order valence-corrected chi connectivity index (χ3v) is 6.10. The van der Waals surface area contributed by atoms with Gasteiger partial charge in [0.15, 0.2) is 5.96 Å². The number of likely N-dealkylation sites (tertiary alicyclic amines) is 1. The largest absolute Gasteiger partial charge is 0.367 e. The maximum atomic E-state index is 13.3. The van der Waals surface area contributed by atoms with E-state index in [9.17, 15) is 9.18 Å². The maximum Gasteiger partial charge on any atom is 0.222 e. The molecule has 0 radical (unpaired) electrons. The standard InChI is InChI=1S/C25H31FN4O2.HI/c1-18-15-30(17-23(32-18)19-9-11-22(26)12-10-19)25(27-2)28-14-20-6-3-4-7-21(20)16-29-13-5-8-24(29)31;/h3-4,6-7,9-12,18,23H,5,8,13-17H2,1-2H3,(H,27,28);1H. The number of ether oxygens (including phenoxy) is 1. The summed E-state index contributed by atoms with van der Waals surface area (Å²) >= 11 is 0. The van der Waals surface area contributed by atoms with Gasteiger partial charge in [0.1, 0.15) is 11.9 Å². The lowest BCUT2D eigenvalue weighted by atomic mass is 10.1. The number of amides is 1. The van der Waals surface area contributed by atoms with Crippen LogP contribution in [0.15, 0.2) is 53.5 Å². The minimum Gasteiger partial charge on any atom is -0.367 e. The molecule has 8 heteroatoms. The molecule has 2 fully saturated rings. The van der Waals surface area contributed by atoms with Gasteiger partial charge in [0.05, 0.1) is 12.6 Å². The smallest absolute Gasteiger partial charge is 0.222 e. The van der Waals surface area contributed by atoms with Gasteiger partial charge in [0.25, 0.3) is 0 Å². The van der Waals surface area contributed by atoms with Gasteiger partial charge in [-0.3, -0.25) is 9.79 Å². The summed E-state index contributed by atoms with van der Waals surface area (Å²) in [5, 5.41) is 3.49. The van der Waals surface area contributed by atoms with Crippen LogP contribution in [-0.2, 0) is 22.6 Å². The van der Waals surface area contributed by atoms with Crippen molar-refractivity contribution < 1.29 is 13.9 Å². The molecule has 2 aromatic carbocycles. The summed E-state index contributed by atoms with van der Waals surface area (Å²) < 4.78 is 19.5. The predicted molar refractivity (Wildman–Crippen MR) is 138 cm³/mol. The molecule has 2 unspecified atom stereocenters. The fourth-order valence-electron chi connectivity index (χ4n) is 4.45. The summed E-state index contributed by atoms with van der Waals surface area (Å²) in [6.07, 6.45) is 1.46. The second kappa shape index (κ2) is 11.8. The summed E-state index contributed by atoms with van der Waals surface area (Å²) in [7, 11) is 1.78. The summed E-state index contributed by atoms with van der Waals surface area (Å²) in [4.78, 5) is 20.7. The van der Waals surface area contributed by atoms with Crippen molar-refractivity contribution in [1.29, 1.82) is 0 Å². The van der Waals surface area contributed by atoms with Crippen molar-refractivity contribution >= 4 is 35.8 Å². The first kappa shape index (κ1) is 25.4. The van der Waals surface area contributed by atoms with Crippen LogP contribution in [0.2, 0.25) is 0 Å². The number of rotatable bonds is 5. The number of nitrogens with zero attached hydrogens (tertiary/aromatic N) is 3. The Bertz CT molecular complexity index is 969. The molecule has 0 spiro atoms. The normalized spacial score (nSPS) is 21.2. The van der Waals surface area contributed by atoms with E-state index >= 15 is 0 Å². The highest BCUT2D eigenvalue weighted by Crippen LogP contribution is 2.25. The molecule has 0 bridgehead atoms. The van der Waals surface area contributed by atoms with E-state index in [1.54, 1.807) is 19.2 Å². The van der Waals surface area contributed by atoms with Crippen LogP contribution in [0.25, 0.3) is 0 Å². The van der Waals surface area contributed by atoms with E-state index in [4.69, 9.17) is 4.74 Å². The van der Waals surface area contributed by atoms with Crippen LogP contribution in [0.3, 0.4) is 0 Å². The number of morpholine rings is 1. The number of hydrogen-bond acceptors (Lipinski definition) is 3. The summed E-state index contributed by atoms with van der Waals surface area (Å²) in [5.41, 5.74) is 3.27. The van der Waals surface area contributed by atoms with E-state index < -0.39 is 0 Å². The Labute approximate surface area is 212 Å². The summed E-state index contributed by atoms with van der Waals surface area (Å²) in [6, 6.07) is 14.7. The van der Waals surface area contributed by atoms with Crippen LogP contribution in [0.4, 0.5) is 4.39 Å². The molecule has 0 aromatic heterocycles. The van der Waals surface area contributed by atoms with Crippen molar-refractivity contribution in [2.75, 3.05) is 26.7 Å². The fraction of sp³-hybridized carbons (Fsp3) is 0.440. The molecular weight excluding hydrogens is 534 g/mol. The van der Waals surface area contributed by atoms with Crippen LogP contribution in [-0.4, -0.2) is 54.5 Å². The molecule has 2 aromatic rings. The third kappa shape index (κ3) is 6.44. The second-order valence-electron chi connectivity index (χ2n) is 8.48. The summed E-state index contributed by atoms with van der Waals surface area (Å²) in [6.45, 7) is 5.51. The molecule has 0 saturated carbocycles. The van der Waals surface area contributed by atoms with E-state index in [1.807, 2.05) is 24.0 Å². The molecule has 2 saturated heterocycles. The number of hydrogen-bond donors (Lipinski definition) is 1. The predicted octanol–water partition coefficient (Wildman–Crippen LogP) is 4.10. The van der Waals surface area contributed by atoms with Crippen LogP contribution >= 0.6 is 24.0 Å². The number of nitrogens with one attached hydrogen (secondary N) is 1. The molecule has 4 rings (SSSR count). The van der Waals surface area contributed by atoms with Crippen molar-refractivity contribution in [3.8, 4) is 0 Å². The van der Waals surface area contributed by atoms with Gasteiger partial charge in [0, 0.05) is 39.6 Å². The van der Waals surface area contributed by atoms with Gasteiger partial charge in [-0.25, -0.2) is 4.39 Å². The van der Waals surface area contributed by atoms with Gasteiger partial charge in [-0.2, -0.15) is 0 Å². The van der Waals surface area contributed by atoms with Crippen molar-refractivity contribution in [3.63, 3.8) is 0 Å². The Balaban J connectivity index is 0.00000306. The van der Waals surface area contributed by atoms with Crippen LogP contribution in [0, 0.1) is 5.82 Å². The van der Waals surface area contributed by atoms with E-state index in [0.717, 1.165) is 42.2 Å². The van der Waals surface area contributed by atoms with Crippen molar-refractivity contribution in [2.45, 2.75) is 45.1 Å². The molecule has 2 atom stereocenters. The summed E-state index contributed by atoms with van der Waals surface area (Å²) in [5.74, 6) is 0.790. The first-order valence-electron chi connectivity index (χ1n) is 11.2. The highest BCUT2D eigenvalue weighted by Gasteiger charge is 2.28. The van der Waals surface area contributed by atoms with E-state index in [0.29, 0.717) is 26.1 Å². The monoisotopic (exact) mass is 566 g/mol. The molecule has 2 heterocycles. The highest BCUT2D eigenvalue weighted by molar-refractivity contribution is 14.0. The Morgan fingerprint density at radius 3 is 2.55 bits per heavy atom. The van der Waals surface area contributed by atoms with E-state index in [1.165, 1.54) is 12.1 Å². The van der Waals surface area contributed by atoms with Crippen molar-refractivity contribution in [1.82, 2.24) is 15.1 Å². The fourth-order valence-corrected chi connectivity index (χ4v) is 4.45. The topological polar surface area (TPSA) is 57.2 Å². The van der Waals surface area contributed by atoms with Crippen molar-refractivity contribution in [3.05, 3.63) is 71.0 Å². The molecule has 2 aliphatic heterocycles. The zero-order valence-electron chi connectivity index (χ0n) is 19.2. The van der Waals surface area contributed by atoms with Crippen LogP contribution < -0.4 is 5.32 Å². The van der Waals surface area contributed by atoms with Crippen LogP contribution in [0.1, 0.15) is 42.6 Å². The average Bonchev–Trinajstić information content (AvgIpc) is 3.19. The van der Waals surface area contributed by atoms with Gasteiger partial charge >= 0.3 is 0 Å². The number of carbonyl (C=O) groups excluding carboxylic acids is 1. The molecule has 0 aliphatic carbocycles. The van der Waals surface area contributed by atoms with Gasteiger partial charge in [-0.05, 0) is 42.2 Å². The quantitative estimate of drug-likeness (QED) is 0.337. The lowest BCUT2D eigenvalue weighted by Crippen LogP contribution is -2.50. The number of halogens is 2. The van der Waals surface area contributed by atoms with Crippen molar-refractivity contribution in [2.24, 2.45) is 4.99 Å². The van der Waals surface area contributed by atoms with Gasteiger partial charge in [-0.15, -0.1) is 24.0 Å².